The molecule has 0 saturated carbocycles. The maximum Gasteiger partial charge on any atom is 0.263 e. The van der Waals surface area contributed by atoms with Crippen LogP contribution in [0.2, 0.25) is 0 Å². The fourth-order valence-corrected chi connectivity index (χ4v) is 1.54. The minimum atomic E-state index is -2.42. The molecule has 2 aromatic carbocycles. The summed E-state index contributed by atoms with van der Waals surface area (Å²) in [6.45, 7) is 0. The van der Waals surface area contributed by atoms with E-state index in [9.17, 15) is 8.78 Å². The van der Waals surface area contributed by atoms with Crippen LogP contribution in [0.4, 0.5) is 14.5 Å². The van der Waals surface area contributed by atoms with Gasteiger partial charge >= 0.3 is 0 Å². The standard InChI is InChI=1S/C13H11F2N/c14-13(15)10-6-4-9(5-7-10)11-2-1-3-12(16)8-11/h1-8,13H,16H2. The molecule has 2 rings (SSSR count). The van der Waals surface area contributed by atoms with Gasteiger partial charge in [-0.05, 0) is 23.3 Å². The van der Waals surface area contributed by atoms with E-state index in [1.807, 2.05) is 18.2 Å². The molecule has 3 heteroatoms. The zero-order chi connectivity index (χ0) is 11.5. The molecule has 0 atom stereocenters. The summed E-state index contributed by atoms with van der Waals surface area (Å²) < 4.78 is 24.7. The van der Waals surface area contributed by atoms with Gasteiger partial charge in [0.2, 0.25) is 0 Å². The SMILES string of the molecule is Nc1cccc(-c2ccc(C(F)F)cc2)c1. The second-order valence-corrected chi connectivity index (χ2v) is 3.55. The summed E-state index contributed by atoms with van der Waals surface area (Å²) in [6, 6.07) is 13.6. The van der Waals surface area contributed by atoms with Crippen molar-refractivity contribution in [1.29, 1.82) is 0 Å². The molecule has 0 spiro atoms. The Morgan fingerprint density at radius 1 is 0.875 bits per heavy atom. The molecular formula is C13H11F2N. The van der Waals surface area contributed by atoms with E-state index in [-0.39, 0.29) is 5.56 Å². The second-order valence-electron chi connectivity index (χ2n) is 3.55. The van der Waals surface area contributed by atoms with E-state index in [1.165, 1.54) is 12.1 Å². The quantitative estimate of drug-likeness (QED) is 0.762. The lowest BCUT2D eigenvalue weighted by Gasteiger charge is -2.04. The first-order chi connectivity index (χ1) is 7.66. The largest absolute Gasteiger partial charge is 0.399 e. The number of benzene rings is 2. The van der Waals surface area contributed by atoms with Crippen molar-refractivity contribution in [2.24, 2.45) is 0 Å². The molecule has 0 saturated heterocycles. The molecule has 0 radical (unpaired) electrons. The summed E-state index contributed by atoms with van der Waals surface area (Å²) in [4.78, 5) is 0. The number of halogens is 2. The molecule has 0 aromatic heterocycles. The highest BCUT2D eigenvalue weighted by molar-refractivity contribution is 5.67. The van der Waals surface area contributed by atoms with Gasteiger partial charge in [0.25, 0.3) is 6.43 Å². The monoisotopic (exact) mass is 219 g/mol. The summed E-state index contributed by atoms with van der Waals surface area (Å²) in [6.07, 6.45) is -2.42. The highest BCUT2D eigenvalue weighted by atomic mass is 19.3. The van der Waals surface area contributed by atoms with Crippen LogP contribution < -0.4 is 5.73 Å². The molecule has 0 unspecified atom stereocenters. The predicted octanol–water partition coefficient (Wildman–Crippen LogP) is 3.87. The van der Waals surface area contributed by atoms with Crippen molar-refractivity contribution in [3.63, 3.8) is 0 Å². The van der Waals surface area contributed by atoms with Gasteiger partial charge in [-0.1, -0.05) is 36.4 Å². The van der Waals surface area contributed by atoms with E-state index in [4.69, 9.17) is 5.73 Å². The third-order valence-corrected chi connectivity index (χ3v) is 2.38. The normalized spacial score (nSPS) is 10.7. The second kappa shape index (κ2) is 4.31. The lowest BCUT2D eigenvalue weighted by molar-refractivity contribution is 0.151. The molecule has 82 valence electrons. The smallest absolute Gasteiger partial charge is 0.263 e. The van der Waals surface area contributed by atoms with E-state index in [2.05, 4.69) is 0 Å². The van der Waals surface area contributed by atoms with Gasteiger partial charge in [0.1, 0.15) is 0 Å². The van der Waals surface area contributed by atoms with Crippen LogP contribution in [0.15, 0.2) is 48.5 Å². The van der Waals surface area contributed by atoms with Crippen molar-refractivity contribution >= 4 is 5.69 Å². The lowest BCUT2D eigenvalue weighted by Crippen LogP contribution is -1.86. The van der Waals surface area contributed by atoms with Gasteiger partial charge in [-0.3, -0.25) is 0 Å². The summed E-state index contributed by atoms with van der Waals surface area (Å²) in [7, 11) is 0. The van der Waals surface area contributed by atoms with Crippen LogP contribution in [-0.4, -0.2) is 0 Å². The van der Waals surface area contributed by atoms with Crippen LogP contribution in [0, 0.1) is 0 Å². The van der Waals surface area contributed by atoms with Crippen LogP contribution >= 0.6 is 0 Å². The summed E-state index contributed by atoms with van der Waals surface area (Å²) in [5.41, 5.74) is 8.17. The Morgan fingerprint density at radius 3 is 2.12 bits per heavy atom. The first-order valence-electron chi connectivity index (χ1n) is 4.91. The lowest BCUT2D eigenvalue weighted by atomic mass is 10.0. The van der Waals surface area contributed by atoms with Crippen LogP contribution in [0.5, 0.6) is 0 Å². The molecule has 16 heavy (non-hydrogen) atoms. The highest BCUT2D eigenvalue weighted by Crippen LogP contribution is 2.25. The van der Waals surface area contributed by atoms with E-state index >= 15 is 0 Å². The average molecular weight is 219 g/mol. The third kappa shape index (κ3) is 2.19. The van der Waals surface area contributed by atoms with Crippen LogP contribution in [0.1, 0.15) is 12.0 Å². The van der Waals surface area contributed by atoms with Gasteiger partial charge in [0, 0.05) is 11.3 Å². The van der Waals surface area contributed by atoms with Crippen LogP contribution in [0.3, 0.4) is 0 Å². The third-order valence-electron chi connectivity index (χ3n) is 2.38. The van der Waals surface area contributed by atoms with E-state index < -0.39 is 6.43 Å². The average Bonchev–Trinajstić information content (AvgIpc) is 2.29. The van der Waals surface area contributed by atoms with E-state index in [0.717, 1.165) is 11.1 Å². The molecule has 0 bridgehead atoms. The molecule has 0 heterocycles. The van der Waals surface area contributed by atoms with E-state index in [1.54, 1.807) is 18.2 Å². The maximum atomic E-state index is 12.3. The van der Waals surface area contributed by atoms with Crippen LogP contribution in [-0.2, 0) is 0 Å². The van der Waals surface area contributed by atoms with Gasteiger partial charge in [-0.25, -0.2) is 8.78 Å². The number of alkyl halides is 2. The first kappa shape index (κ1) is 10.6. The Morgan fingerprint density at radius 2 is 1.56 bits per heavy atom. The molecule has 0 aliphatic heterocycles. The van der Waals surface area contributed by atoms with Crippen LogP contribution in [0.25, 0.3) is 11.1 Å². The number of hydrogen-bond donors (Lipinski definition) is 1. The number of hydrogen-bond acceptors (Lipinski definition) is 1. The molecule has 0 amide bonds. The van der Waals surface area contributed by atoms with Gasteiger partial charge in [0.05, 0.1) is 0 Å². The van der Waals surface area contributed by atoms with E-state index in [0.29, 0.717) is 5.69 Å². The molecule has 2 aromatic rings. The Labute approximate surface area is 92.5 Å². The number of nitrogens with two attached hydrogens (primary N) is 1. The van der Waals surface area contributed by atoms with Crippen molar-refractivity contribution < 1.29 is 8.78 Å². The zero-order valence-electron chi connectivity index (χ0n) is 8.53. The van der Waals surface area contributed by atoms with Gasteiger partial charge in [-0.15, -0.1) is 0 Å². The van der Waals surface area contributed by atoms with Crippen molar-refractivity contribution in [3.05, 3.63) is 54.1 Å². The van der Waals surface area contributed by atoms with Gasteiger partial charge in [-0.2, -0.15) is 0 Å². The maximum absolute atomic E-state index is 12.3. The number of nitrogen functional groups attached to an aromatic ring is 1. The number of rotatable bonds is 2. The Bertz CT molecular complexity index is 478. The molecule has 2 N–H and O–H groups in total. The topological polar surface area (TPSA) is 26.0 Å². The summed E-state index contributed by atoms with van der Waals surface area (Å²) >= 11 is 0. The zero-order valence-corrected chi connectivity index (χ0v) is 8.53. The highest BCUT2D eigenvalue weighted by Gasteiger charge is 2.06. The van der Waals surface area contributed by atoms with Crippen molar-refractivity contribution in [2.45, 2.75) is 6.43 Å². The Balaban J connectivity index is 2.35. The van der Waals surface area contributed by atoms with Gasteiger partial charge in [0.15, 0.2) is 0 Å². The van der Waals surface area contributed by atoms with Crippen molar-refractivity contribution in [2.75, 3.05) is 5.73 Å². The van der Waals surface area contributed by atoms with Crippen molar-refractivity contribution in [3.8, 4) is 11.1 Å². The molecular weight excluding hydrogens is 208 g/mol. The number of anilines is 1. The first-order valence-corrected chi connectivity index (χ1v) is 4.91. The molecule has 0 fully saturated rings. The predicted molar refractivity (Wildman–Crippen MR) is 61.2 cm³/mol. The van der Waals surface area contributed by atoms with Gasteiger partial charge < -0.3 is 5.73 Å². The fraction of sp³-hybridized carbons (Fsp3) is 0.0769. The van der Waals surface area contributed by atoms with Crippen molar-refractivity contribution in [1.82, 2.24) is 0 Å². The Kier molecular flexibility index (Phi) is 2.86. The summed E-state index contributed by atoms with van der Waals surface area (Å²) in [5.74, 6) is 0. The molecule has 0 aliphatic rings. The molecule has 0 aliphatic carbocycles. The Hall–Kier alpha value is -1.90. The summed E-state index contributed by atoms with van der Waals surface area (Å²) in [5, 5.41) is 0. The minimum absolute atomic E-state index is 0.0349. The molecule has 1 nitrogen and oxygen atoms in total. The fourth-order valence-electron chi connectivity index (χ4n) is 1.54. The minimum Gasteiger partial charge on any atom is -0.399 e.